The summed E-state index contributed by atoms with van der Waals surface area (Å²) in [5.74, 6) is -1.53. The zero-order valence-electron chi connectivity index (χ0n) is 21.3. The number of pyridine rings is 1. The lowest BCUT2D eigenvalue weighted by Gasteiger charge is -2.31. The maximum absolute atomic E-state index is 15.2. The highest BCUT2D eigenvalue weighted by molar-refractivity contribution is 7.15. The molecule has 14 heteroatoms. The second-order valence-electron chi connectivity index (χ2n) is 9.00. The number of fused-ring (bicyclic) bond motifs is 3. The fourth-order valence-corrected chi connectivity index (χ4v) is 5.03. The molecule has 9 nitrogen and oxygen atoms in total. The summed E-state index contributed by atoms with van der Waals surface area (Å²) in [6.45, 7) is 0.935. The van der Waals surface area contributed by atoms with Gasteiger partial charge in [-0.3, -0.25) is 19.3 Å². The molecule has 0 fully saturated rings. The second-order valence-corrected chi connectivity index (χ2v) is 10.0. The Morgan fingerprint density at radius 1 is 1.10 bits per heavy atom. The Kier molecular flexibility index (Phi) is 6.66. The molecule has 0 saturated carbocycles. The third-order valence-electron chi connectivity index (χ3n) is 6.41. The minimum absolute atomic E-state index is 0.0509. The van der Waals surface area contributed by atoms with E-state index in [0.29, 0.717) is 39.0 Å². The maximum atomic E-state index is 15.2. The van der Waals surface area contributed by atoms with Gasteiger partial charge >= 0.3 is 6.18 Å². The van der Waals surface area contributed by atoms with E-state index < -0.39 is 28.8 Å². The Labute approximate surface area is 228 Å². The predicted octanol–water partition coefficient (Wildman–Crippen LogP) is 5.02. The van der Waals surface area contributed by atoms with Crippen molar-refractivity contribution in [3.63, 3.8) is 0 Å². The molecule has 2 N–H and O–H groups in total. The molecule has 0 aliphatic carbocycles. The monoisotopic (exact) mass is 571 g/mol. The number of alkyl halides is 3. The number of thiazole rings is 1. The maximum Gasteiger partial charge on any atom is 0.443 e. The topological polar surface area (TPSA) is 110 Å². The molecular formula is C26H21F4N7O2S. The van der Waals surface area contributed by atoms with E-state index in [1.165, 1.54) is 32.2 Å². The number of benzene rings is 2. The summed E-state index contributed by atoms with van der Waals surface area (Å²) >= 11 is 0.397. The van der Waals surface area contributed by atoms with Gasteiger partial charge < -0.3 is 5.73 Å². The van der Waals surface area contributed by atoms with Crippen LogP contribution in [0.1, 0.15) is 27.9 Å². The van der Waals surface area contributed by atoms with E-state index in [-0.39, 0.29) is 28.1 Å². The van der Waals surface area contributed by atoms with Crippen molar-refractivity contribution in [1.29, 1.82) is 0 Å². The van der Waals surface area contributed by atoms with Crippen LogP contribution in [-0.4, -0.2) is 48.6 Å². The standard InChI is InChI=1S/C26H21F4N7O2S/c1-13(38)36(3)37(12-16-5-4-14(9-19(16)27)21-11-32-25(40-21)26(28,29)30)24(39)15-6-7-20-17(8-15)22-18(23(31)34-20)10-33-35(22)2/h4-11H,12H2,1-3H3,(H2,31,34). The number of nitrogens with zero attached hydrogens (tertiary/aromatic N) is 6. The zero-order valence-corrected chi connectivity index (χ0v) is 22.1. The van der Waals surface area contributed by atoms with Crippen molar-refractivity contribution in [1.82, 2.24) is 29.8 Å². The summed E-state index contributed by atoms with van der Waals surface area (Å²) in [7, 11) is 3.11. The van der Waals surface area contributed by atoms with Crippen LogP contribution in [0.3, 0.4) is 0 Å². The van der Waals surface area contributed by atoms with Crippen LogP contribution in [-0.2, 0) is 24.6 Å². The van der Waals surface area contributed by atoms with Crippen molar-refractivity contribution in [3.8, 4) is 10.4 Å². The van der Waals surface area contributed by atoms with Crippen LogP contribution in [0.15, 0.2) is 48.8 Å². The molecule has 5 rings (SSSR count). The molecule has 3 aromatic heterocycles. The molecular weight excluding hydrogens is 550 g/mol. The number of halogens is 4. The quantitative estimate of drug-likeness (QED) is 0.240. The fraction of sp³-hybridized carbons (Fsp3) is 0.192. The number of hydrogen-bond donors (Lipinski definition) is 1. The van der Waals surface area contributed by atoms with Crippen molar-refractivity contribution in [3.05, 3.63) is 70.7 Å². The van der Waals surface area contributed by atoms with E-state index >= 15 is 4.39 Å². The van der Waals surface area contributed by atoms with Gasteiger partial charge in [-0.2, -0.15) is 18.3 Å². The first kappa shape index (κ1) is 27.0. The molecule has 2 amide bonds. The lowest BCUT2D eigenvalue weighted by Crippen LogP contribution is -2.46. The van der Waals surface area contributed by atoms with E-state index in [1.54, 1.807) is 30.1 Å². The van der Waals surface area contributed by atoms with Crippen LogP contribution in [0.25, 0.3) is 32.2 Å². The third-order valence-corrected chi connectivity index (χ3v) is 7.50. The summed E-state index contributed by atoms with van der Waals surface area (Å²) in [4.78, 5) is 33.8. The molecule has 2 aromatic carbocycles. The van der Waals surface area contributed by atoms with Gasteiger partial charge in [-0.15, -0.1) is 11.3 Å². The molecule has 3 heterocycles. The van der Waals surface area contributed by atoms with Crippen LogP contribution < -0.4 is 5.73 Å². The van der Waals surface area contributed by atoms with Crippen molar-refractivity contribution in [2.75, 3.05) is 12.8 Å². The number of anilines is 1. The molecule has 0 bridgehead atoms. The molecule has 206 valence electrons. The molecule has 40 heavy (non-hydrogen) atoms. The normalized spacial score (nSPS) is 11.8. The van der Waals surface area contributed by atoms with Crippen LogP contribution in [0.4, 0.5) is 23.4 Å². The van der Waals surface area contributed by atoms with Gasteiger partial charge in [0.15, 0.2) is 5.01 Å². The summed E-state index contributed by atoms with van der Waals surface area (Å²) in [5.41, 5.74) is 7.71. The Morgan fingerprint density at radius 2 is 1.85 bits per heavy atom. The van der Waals surface area contributed by atoms with E-state index in [0.717, 1.165) is 22.3 Å². The van der Waals surface area contributed by atoms with E-state index in [2.05, 4.69) is 15.1 Å². The summed E-state index contributed by atoms with van der Waals surface area (Å²) in [6, 6.07) is 8.63. The van der Waals surface area contributed by atoms with E-state index in [1.807, 2.05) is 0 Å². The molecule has 5 aromatic rings. The Hall–Kier alpha value is -4.59. The smallest absolute Gasteiger partial charge is 0.383 e. The molecule has 0 aliphatic heterocycles. The van der Waals surface area contributed by atoms with Crippen molar-refractivity contribution >= 4 is 50.8 Å². The van der Waals surface area contributed by atoms with Crippen LogP contribution in [0.2, 0.25) is 0 Å². The summed E-state index contributed by atoms with van der Waals surface area (Å²) < 4.78 is 55.6. The minimum atomic E-state index is -4.60. The predicted molar refractivity (Wildman–Crippen MR) is 141 cm³/mol. The summed E-state index contributed by atoms with van der Waals surface area (Å²) in [6.07, 6.45) is -2.00. The number of nitrogen functional groups attached to an aromatic ring is 1. The van der Waals surface area contributed by atoms with Crippen molar-refractivity contribution in [2.45, 2.75) is 19.6 Å². The lowest BCUT2D eigenvalue weighted by molar-refractivity contribution is -0.140. The van der Waals surface area contributed by atoms with Crippen LogP contribution in [0, 0.1) is 5.82 Å². The third kappa shape index (κ3) is 4.81. The van der Waals surface area contributed by atoms with Gasteiger partial charge in [-0.25, -0.2) is 19.4 Å². The Bertz CT molecular complexity index is 1800. The average Bonchev–Trinajstić information content (AvgIpc) is 3.55. The first-order valence-corrected chi connectivity index (χ1v) is 12.6. The lowest BCUT2D eigenvalue weighted by atomic mass is 10.1. The highest BCUT2D eigenvalue weighted by atomic mass is 32.1. The Balaban J connectivity index is 1.50. The van der Waals surface area contributed by atoms with Gasteiger partial charge in [-0.1, -0.05) is 12.1 Å². The largest absolute Gasteiger partial charge is 0.443 e. The number of carbonyl (C=O) groups excluding carboxylic acids is 2. The van der Waals surface area contributed by atoms with E-state index in [9.17, 15) is 22.8 Å². The van der Waals surface area contributed by atoms with Gasteiger partial charge in [0, 0.05) is 43.7 Å². The number of hydrazine groups is 1. The first-order valence-electron chi connectivity index (χ1n) is 11.7. The molecule has 0 aliphatic rings. The molecule has 0 radical (unpaired) electrons. The number of aromatic nitrogens is 4. The number of aryl methyl sites for hydroxylation is 1. The van der Waals surface area contributed by atoms with Crippen molar-refractivity contribution < 1.29 is 27.2 Å². The molecule has 0 atom stereocenters. The Morgan fingerprint density at radius 3 is 2.50 bits per heavy atom. The van der Waals surface area contributed by atoms with Gasteiger partial charge in [0.1, 0.15) is 11.6 Å². The fourth-order valence-electron chi connectivity index (χ4n) is 4.25. The second kappa shape index (κ2) is 9.86. The number of carbonyl (C=O) groups is 2. The number of amides is 2. The SMILES string of the molecule is CC(=O)N(C)N(Cc1ccc(-c2cnc(C(F)(F)F)s2)cc1F)C(=O)c1ccc2nc(N)c3cnn(C)c3c2c1. The number of nitrogens with two attached hydrogens (primary N) is 1. The molecule has 0 spiro atoms. The molecule has 0 unspecified atom stereocenters. The highest BCUT2D eigenvalue weighted by Gasteiger charge is 2.34. The van der Waals surface area contributed by atoms with Gasteiger partial charge in [0.25, 0.3) is 5.91 Å². The van der Waals surface area contributed by atoms with Gasteiger partial charge in [0.05, 0.1) is 34.0 Å². The summed E-state index contributed by atoms with van der Waals surface area (Å²) in [5, 5.41) is 6.56. The van der Waals surface area contributed by atoms with Gasteiger partial charge in [0.2, 0.25) is 5.91 Å². The zero-order chi connectivity index (χ0) is 28.9. The van der Waals surface area contributed by atoms with Crippen molar-refractivity contribution in [2.24, 2.45) is 7.05 Å². The number of rotatable bonds is 4. The van der Waals surface area contributed by atoms with Gasteiger partial charge in [-0.05, 0) is 29.8 Å². The highest BCUT2D eigenvalue weighted by Crippen LogP contribution is 2.37. The molecule has 0 saturated heterocycles. The van der Waals surface area contributed by atoms with Crippen LogP contribution >= 0.6 is 11.3 Å². The average molecular weight is 572 g/mol. The van der Waals surface area contributed by atoms with Crippen LogP contribution in [0.5, 0.6) is 0 Å². The van der Waals surface area contributed by atoms with E-state index in [4.69, 9.17) is 5.73 Å². The first-order chi connectivity index (χ1) is 18.8. The minimum Gasteiger partial charge on any atom is -0.383 e. The number of hydrogen-bond acceptors (Lipinski definition) is 7.